The van der Waals surface area contributed by atoms with Crippen LogP contribution in [-0.4, -0.2) is 43.7 Å². The van der Waals surface area contributed by atoms with Gasteiger partial charge >= 0.3 is 5.97 Å². The van der Waals surface area contributed by atoms with Gasteiger partial charge in [0.2, 0.25) is 0 Å². The van der Waals surface area contributed by atoms with E-state index in [1.165, 1.54) is 32.8 Å². The van der Waals surface area contributed by atoms with Crippen molar-refractivity contribution in [2.75, 3.05) is 31.6 Å². The number of anilines is 1. The number of rotatable bonds is 6. The van der Waals surface area contributed by atoms with E-state index in [4.69, 9.17) is 4.74 Å². The first kappa shape index (κ1) is 14.3. The molecular weight excluding hydrogens is 266 g/mol. The summed E-state index contributed by atoms with van der Waals surface area (Å²) in [6.45, 7) is 2.99. The topological polar surface area (TPSA) is 54.5 Å². The van der Waals surface area contributed by atoms with Crippen molar-refractivity contribution in [1.82, 2.24) is 10.3 Å². The third-order valence-electron chi connectivity index (χ3n) is 4.27. The highest BCUT2D eigenvalue weighted by atomic mass is 16.5. The van der Waals surface area contributed by atoms with Crippen LogP contribution in [0.2, 0.25) is 0 Å². The summed E-state index contributed by atoms with van der Waals surface area (Å²) in [4.78, 5) is 18.7. The lowest BCUT2D eigenvalue weighted by atomic mass is 10.1. The Kier molecular flexibility index (Phi) is 4.39. The van der Waals surface area contributed by atoms with Crippen molar-refractivity contribution in [2.24, 2.45) is 5.92 Å². The largest absolute Gasteiger partial charge is 0.465 e. The quantitative estimate of drug-likeness (QED) is 0.810. The molecule has 1 aliphatic heterocycles. The first-order valence-electron chi connectivity index (χ1n) is 7.79. The van der Waals surface area contributed by atoms with Gasteiger partial charge in [0, 0.05) is 25.3 Å². The minimum Gasteiger partial charge on any atom is -0.465 e. The molecule has 1 unspecified atom stereocenters. The molecular formula is C16H23N3O2. The molecule has 0 spiro atoms. The van der Waals surface area contributed by atoms with Crippen LogP contribution in [0.15, 0.2) is 18.3 Å². The molecule has 2 fully saturated rings. The minimum absolute atomic E-state index is 0.307. The molecule has 1 aromatic heterocycles. The number of aromatic nitrogens is 1. The fourth-order valence-corrected chi connectivity index (χ4v) is 2.96. The summed E-state index contributed by atoms with van der Waals surface area (Å²) >= 11 is 0. The fourth-order valence-electron chi connectivity index (χ4n) is 2.96. The Hall–Kier alpha value is -1.62. The number of hydrogen-bond acceptors (Lipinski definition) is 5. The van der Waals surface area contributed by atoms with Crippen molar-refractivity contribution >= 4 is 11.8 Å². The molecule has 2 heterocycles. The highest BCUT2D eigenvalue weighted by molar-refractivity contribution is 5.94. The predicted molar refractivity (Wildman–Crippen MR) is 81.5 cm³/mol. The van der Waals surface area contributed by atoms with Gasteiger partial charge < -0.3 is 15.0 Å². The van der Waals surface area contributed by atoms with Crippen LogP contribution in [0, 0.1) is 5.92 Å². The number of esters is 1. The van der Waals surface area contributed by atoms with Crippen LogP contribution in [0.5, 0.6) is 0 Å². The first-order chi connectivity index (χ1) is 10.3. The van der Waals surface area contributed by atoms with Gasteiger partial charge in [-0.15, -0.1) is 0 Å². The van der Waals surface area contributed by atoms with E-state index >= 15 is 0 Å². The molecule has 1 aromatic rings. The summed E-state index contributed by atoms with van der Waals surface area (Å²) in [6.07, 6.45) is 6.75. The monoisotopic (exact) mass is 289 g/mol. The van der Waals surface area contributed by atoms with Crippen LogP contribution < -0.4 is 10.2 Å². The van der Waals surface area contributed by atoms with Gasteiger partial charge in [0.05, 0.1) is 7.11 Å². The van der Waals surface area contributed by atoms with Gasteiger partial charge in [0.15, 0.2) is 0 Å². The lowest BCUT2D eigenvalue weighted by Crippen LogP contribution is -2.40. The van der Waals surface area contributed by atoms with E-state index in [1.54, 1.807) is 18.3 Å². The van der Waals surface area contributed by atoms with E-state index in [0.29, 0.717) is 11.6 Å². The molecule has 1 saturated heterocycles. The maximum Gasteiger partial charge on any atom is 0.341 e. The van der Waals surface area contributed by atoms with Crippen LogP contribution in [-0.2, 0) is 4.74 Å². The van der Waals surface area contributed by atoms with Gasteiger partial charge in [0.1, 0.15) is 11.4 Å². The van der Waals surface area contributed by atoms with Crippen LogP contribution in [0.4, 0.5) is 5.82 Å². The average molecular weight is 289 g/mol. The van der Waals surface area contributed by atoms with Crippen LogP contribution in [0.25, 0.3) is 0 Å². The van der Waals surface area contributed by atoms with E-state index in [1.807, 2.05) is 0 Å². The smallest absolute Gasteiger partial charge is 0.341 e. The Labute approximate surface area is 125 Å². The SMILES string of the molecule is COC(=O)c1cccnc1N(CC1CC1)CC1CCCN1. The predicted octanol–water partition coefficient (Wildman–Crippen LogP) is 1.84. The highest BCUT2D eigenvalue weighted by Gasteiger charge is 2.29. The summed E-state index contributed by atoms with van der Waals surface area (Å²) in [5.41, 5.74) is 0.568. The number of pyridine rings is 1. The molecule has 5 heteroatoms. The summed E-state index contributed by atoms with van der Waals surface area (Å²) in [5.74, 6) is 1.21. The standard InChI is InChI=1S/C16H23N3O2/c1-21-16(20)14-5-3-9-18-15(14)19(10-12-6-7-12)11-13-4-2-8-17-13/h3,5,9,12-13,17H,2,4,6-8,10-11H2,1H3. The van der Waals surface area contributed by atoms with Crippen molar-refractivity contribution in [3.63, 3.8) is 0 Å². The third-order valence-corrected chi connectivity index (χ3v) is 4.27. The molecule has 0 amide bonds. The molecule has 2 aliphatic rings. The van der Waals surface area contributed by atoms with Gasteiger partial charge in [-0.25, -0.2) is 9.78 Å². The van der Waals surface area contributed by atoms with Crippen LogP contribution in [0.3, 0.4) is 0 Å². The average Bonchev–Trinajstić information content (AvgIpc) is 3.19. The molecule has 114 valence electrons. The summed E-state index contributed by atoms with van der Waals surface area (Å²) in [5, 5.41) is 3.53. The molecule has 1 atom stereocenters. The number of carbonyl (C=O) groups is 1. The normalized spacial score (nSPS) is 21.3. The van der Waals surface area contributed by atoms with Crippen molar-refractivity contribution in [3.8, 4) is 0 Å². The highest BCUT2D eigenvalue weighted by Crippen LogP contribution is 2.32. The molecule has 5 nitrogen and oxygen atoms in total. The molecule has 1 aliphatic carbocycles. The third kappa shape index (κ3) is 3.53. The van der Waals surface area contributed by atoms with E-state index in [-0.39, 0.29) is 5.97 Å². The molecule has 0 radical (unpaired) electrons. The fraction of sp³-hybridized carbons (Fsp3) is 0.625. The Morgan fingerprint density at radius 1 is 1.43 bits per heavy atom. The molecule has 0 aromatic carbocycles. The Bertz CT molecular complexity index is 496. The molecule has 0 bridgehead atoms. The second-order valence-corrected chi connectivity index (χ2v) is 6.01. The maximum atomic E-state index is 12.0. The lowest BCUT2D eigenvalue weighted by molar-refractivity contribution is 0.0601. The number of nitrogens with zero attached hydrogens (tertiary/aromatic N) is 2. The minimum atomic E-state index is -0.307. The number of nitrogens with one attached hydrogen (secondary N) is 1. The molecule has 3 rings (SSSR count). The number of carbonyl (C=O) groups excluding carboxylic acids is 1. The molecule has 1 N–H and O–H groups in total. The van der Waals surface area contributed by atoms with Gasteiger partial charge in [0.25, 0.3) is 0 Å². The van der Waals surface area contributed by atoms with Crippen molar-refractivity contribution in [3.05, 3.63) is 23.9 Å². The van der Waals surface area contributed by atoms with E-state index in [2.05, 4.69) is 15.2 Å². The second kappa shape index (κ2) is 6.43. The molecule has 21 heavy (non-hydrogen) atoms. The number of ether oxygens (including phenoxy) is 1. The zero-order valence-electron chi connectivity index (χ0n) is 12.5. The van der Waals surface area contributed by atoms with Gasteiger partial charge in [-0.05, 0) is 50.3 Å². The Morgan fingerprint density at radius 3 is 2.95 bits per heavy atom. The summed E-state index contributed by atoms with van der Waals surface area (Å²) in [7, 11) is 1.42. The zero-order valence-corrected chi connectivity index (χ0v) is 12.5. The summed E-state index contributed by atoms with van der Waals surface area (Å²) in [6, 6.07) is 4.09. The lowest BCUT2D eigenvalue weighted by Gasteiger charge is -2.28. The van der Waals surface area contributed by atoms with Crippen LogP contribution in [0.1, 0.15) is 36.0 Å². The Balaban J connectivity index is 1.82. The van der Waals surface area contributed by atoms with E-state index in [0.717, 1.165) is 31.4 Å². The number of hydrogen-bond donors (Lipinski definition) is 1. The molecule has 1 saturated carbocycles. The second-order valence-electron chi connectivity index (χ2n) is 6.01. The van der Waals surface area contributed by atoms with Gasteiger partial charge in [-0.1, -0.05) is 0 Å². The van der Waals surface area contributed by atoms with E-state index < -0.39 is 0 Å². The maximum absolute atomic E-state index is 12.0. The van der Waals surface area contributed by atoms with Crippen LogP contribution >= 0.6 is 0 Å². The Morgan fingerprint density at radius 2 is 2.29 bits per heavy atom. The summed E-state index contributed by atoms with van der Waals surface area (Å²) < 4.78 is 4.90. The zero-order chi connectivity index (χ0) is 14.7. The van der Waals surface area contributed by atoms with Gasteiger partial charge in [-0.3, -0.25) is 0 Å². The van der Waals surface area contributed by atoms with E-state index in [9.17, 15) is 4.79 Å². The van der Waals surface area contributed by atoms with Gasteiger partial charge in [-0.2, -0.15) is 0 Å². The van der Waals surface area contributed by atoms with Crippen molar-refractivity contribution in [1.29, 1.82) is 0 Å². The first-order valence-corrected chi connectivity index (χ1v) is 7.79. The number of methoxy groups -OCH3 is 1. The van der Waals surface area contributed by atoms with Crippen molar-refractivity contribution < 1.29 is 9.53 Å². The van der Waals surface area contributed by atoms with Crippen molar-refractivity contribution in [2.45, 2.75) is 31.7 Å².